The van der Waals surface area contributed by atoms with E-state index in [1.165, 1.54) is 6.33 Å². The molecule has 2 heterocycles. The van der Waals surface area contributed by atoms with Crippen LogP contribution in [0.15, 0.2) is 12.4 Å². The van der Waals surface area contributed by atoms with Crippen LogP contribution in [-0.2, 0) is 4.74 Å². The molecular formula is C11H16ClN3O. The zero-order chi connectivity index (χ0) is 11.4. The number of hydrogen-bond donors (Lipinski definition) is 1. The van der Waals surface area contributed by atoms with E-state index in [4.69, 9.17) is 16.3 Å². The summed E-state index contributed by atoms with van der Waals surface area (Å²) in [7, 11) is 0. The van der Waals surface area contributed by atoms with Crippen LogP contribution in [0, 0.1) is 5.92 Å². The summed E-state index contributed by atoms with van der Waals surface area (Å²) >= 11 is 5.78. The Morgan fingerprint density at radius 1 is 1.56 bits per heavy atom. The van der Waals surface area contributed by atoms with Gasteiger partial charge in [-0.3, -0.25) is 0 Å². The van der Waals surface area contributed by atoms with Gasteiger partial charge in [-0.1, -0.05) is 18.5 Å². The second kappa shape index (κ2) is 5.46. The molecule has 1 aliphatic heterocycles. The molecule has 4 nitrogen and oxygen atoms in total. The molecule has 16 heavy (non-hydrogen) atoms. The highest BCUT2D eigenvalue weighted by Crippen LogP contribution is 2.23. The maximum Gasteiger partial charge on any atom is 0.134 e. The fraction of sp³-hybridized carbons (Fsp3) is 0.636. The van der Waals surface area contributed by atoms with Gasteiger partial charge in [0.2, 0.25) is 0 Å². The number of halogens is 1. The van der Waals surface area contributed by atoms with Crippen LogP contribution >= 0.6 is 11.6 Å². The minimum absolute atomic E-state index is 0.379. The molecule has 88 valence electrons. The molecule has 1 N–H and O–H groups in total. The van der Waals surface area contributed by atoms with E-state index >= 15 is 0 Å². The molecular weight excluding hydrogens is 226 g/mol. The van der Waals surface area contributed by atoms with Gasteiger partial charge in [0.25, 0.3) is 0 Å². The summed E-state index contributed by atoms with van der Waals surface area (Å²) in [6, 6.07) is 1.73. The molecule has 0 radical (unpaired) electrons. The van der Waals surface area contributed by atoms with Crippen molar-refractivity contribution in [1.82, 2.24) is 9.97 Å². The molecule has 0 aromatic carbocycles. The summed E-state index contributed by atoms with van der Waals surface area (Å²) in [5.41, 5.74) is 0. The summed E-state index contributed by atoms with van der Waals surface area (Å²) in [4.78, 5) is 7.94. The number of hydrogen-bond acceptors (Lipinski definition) is 4. The second-order valence-corrected chi connectivity index (χ2v) is 4.36. The van der Waals surface area contributed by atoms with E-state index in [2.05, 4.69) is 22.2 Å². The van der Waals surface area contributed by atoms with Gasteiger partial charge >= 0.3 is 0 Å². The van der Waals surface area contributed by atoms with Crippen LogP contribution < -0.4 is 5.32 Å². The van der Waals surface area contributed by atoms with E-state index in [9.17, 15) is 0 Å². The van der Waals surface area contributed by atoms with Gasteiger partial charge in [0.1, 0.15) is 17.3 Å². The van der Waals surface area contributed by atoms with E-state index in [1.807, 2.05) is 0 Å². The largest absolute Gasteiger partial charge is 0.378 e. The van der Waals surface area contributed by atoms with Crippen LogP contribution in [0.1, 0.15) is 19.8 Å². The topological polar surface area (TPSA) is 47.0 Å². The lowest BCUT2D eigenvalue weighted by Gasteiger charge is -2.17. The summed E-state index contributed by atoms with van der Waals surface area (Å²) in [5, 5.41) is 3.74. The first-order valence-electron chi connectivity index (χ1n) is 5.62. The van der Waals surface area contributed by atoms with Crippen molar-refractivity contribution >= 4 is 17.4 Å². The van der Waals surface area contributed by atoms with Crippen molar-refractivity contribution in [3.63, 3.8) is 0 Å². The van der Waals surface area contributed by atoms with Crippen molar-refractivity contribution in [2.45, 2.75) is 25.9 Å². The molecule has 0 aliphatic carbocycles. The SMILES string of the molecule is CCC1OCCC1CNc1cc(Cl)ncn1. The standard InChI is InChI=1S/C11H16ClN3O/c1-2-9-8(3-4-16-9)6-13-11-5-10(12)14-7-15-11/h5,7-9H,2-4,6H2,1H3,(H,13,14,15). The Morgan fingerprint density at radius 2 is 2.44 bits per heavy atom. The molecule has 0 bridgehead atoms. The van der Waals surface area contributed by atoms with E-state index in [0.29, 0.717) is 17.2 Å². The molecule has 5 heteroatoms. The number of nitrogens with zero attached hydrogens (tertiary/aromatic N) is 2. The average molecular weight is 242 g/mol. The van der Waals surface area contributed by atoms with Crippen molar-refractivity contribution in [2.75, 3.05) is 18.5 Å². The van der Waals surface area contributed by atoms with E-state index in [0.717, 1.165) is 31.8 Å². The van der Waals surface area contributed by atoms with Crippen molar-refractivity contribution in [1.29, 1.82) is 0 Å². The number of ether oxygens (including phenoxy) is 1. The van der Waals surface area contributed by atoms with Crippen LogP contribution in [0.2, 0.25) is 5.15 Å². The number of aromatic nitrogens is 2. The van der Waals surface area contributed by atoms with Gasteiger partial charge in [-0.2, -0.15) is 0 Å². The van der Waals surface area contributed by atoms with Crippen molar-refractivity contribution in [2.24, 2.45) is 5.92 Å². The van der Waals surface area contributed by atoms with Gasteiger partial charge in [0, 0.05) is 25.1 Å². The molecule has 1 aliphatic rings. The van der Waals surface area contributed by atoms with Crippen LogP contribution in [0.5, 0.6) is 0 Å². The predicted molar refractivity (Wildman–Crippen MR) is 63.7 cm³/mol. The van der Waals surface area contributed by atoms with Crippen molar-refractivity contribution < 1.29 is 4.74 Å². The lowest BCUT2D eigenvalue weighted by molar-refractivity contribution is 0.0900. The maximum absolute atomic E-state index is 5.78. The van der Waals surface area contributed by atoms with Crippen LogP contribution in [0.25, 0.3) is 0 Å². The smallest absolute Gasteiger partial charge is 0.134 e. The highest BCUT2D eigenvalue weighted by atomic mass is 35.5. The van der Waals surface area contributed by atoms with Gasteiger partial charge in [-0.05, 0) is 12.8 Å². The Kier molecular flexibility index (Phi) is 3.96. The third-order valence-corrected chi connectivity index (χ3v) is 3.13. The first kappa shape index (κ1) is 11.6. The number of rotatable bonds is 4. The van der Waals surface area contributed by atoms with E-state index < -0.39 is 0 Å². The lowest BCUT2D eigenvalue weighted by atomic mass is 10.00. The van der Waals surface area contributed by atoms with E-state index in [1.54, 1.807) is 6.07 Å². The Labute approximate surface area is 100 Å². The summed E-state index contributed by atoms with van der Waals surface area (Å²) in [6.45, 7) is 3.91. The maximum atomic E-state index is 5.78. The van der Waals surface area contributed by atoms with E-state index in [-0.39, 0.29) is 0 Å². The zero-order valence-corrected chi connectivity index (χ0v) is 10.1. The highest BCUT2D eigenvalue weighted by molar-refractivity contribution is 6.29. The molecule has 1 aromatic heterocycles. The predicted octanol–water partition coefficient (Wildman–Crippen LogP) is 2.36. The van der Waals surface area contributed by atoms with Crippen molar-refractivity contribution in [3.8, 4) is 0 Å². The zero-order valence-electron chi connectivity index (χ0n) is 9.32. The Hall–Kier alpha value is -0.870. The number of anilines is 1. The Balaban J connectivity index is 1.87. The molecule has 1 aromatic rings. The van der Waals surface area contributed by atoms with Gasteiger partial charge in [-0.25, -0.2) is 9.97 Å². The Morgan fingerprint density at radius 3 is 3.19 bits per heavy atom. The molecule has 2 rings (SSSR count). The molecule has 2 unspecified atom stereocenters. The van der Waals surface area contributed by atoms with Crippen molar-refractivity contribution in [3.05, 3.63) is 17.5 Å². The third-order valence-electron chi connectivity index (χ3n) is 2.93. The first-order chi connectivity index (χ1) is 7.79. The van der Waals surface area contributed by atoms with Crippen LogP contribution in [-0.4, -0.2) is 29.2 Å². The first-order valence-corrected chi connectivity index (χ1v) is 6.00. The molecule has 1 fully saturated rings. The molecule has 0 amide bonds. The molecule has 0 saturated carbocycles. The molecule has 1 saturated heterocycles. The van der Waals surface area contributed by atoms with Gasteiger partial charge < -0.3 is 10.1 Å². The monoisotopic (exact) mass is 241 g/mol. The fourth-order valence-electron chi connectivity index (χ4n) is 2.04. The van der Waals surface area contributed by atoms with Gasteiger partial charge in [0.05, 0.1) is 6.10 Å². The minimum Gasteiger partial charge on any atom is -0.378 e. The van der Waals surface area contributed by atoms with Gasteiger partial charge in [0.15, 0.2) is 0 Å². The second-order valence-electron chi connectivity index (χ2n) is 3.97. The molecule has 0 spiro atoms. The van der Waals surface area contributed by atoms with Crippen LogP contribution in [0.4, 0.5) is 5.82 Å². The van der Waals surface area contributed by atoms with Gasteiger partial charge in [-0.15, -0.1) is 0 Å². The minimum atomic E-state index is 0.379. The normalized spacial score (nSPS) is 24.6. The molecule has 2 atom stereocenters. The lowest BCUT2D eigenvalue weighted by Crippen LogP contribution is -2.23. The Bertz CT molecular complexity index is 348. The third kappa shape index (κ3) is 2.83. The summed E-state index contributed by atoms with van der Waals surface area (Å²) < 4.78 is 5.63. The number of nitrogens with one attached hydrogen (secondary N) is 1. The summed E-state index contributed by atoms with van der Waals surface area (Å²) in [6.07, 6.45) is 4.03. The highest BCUT2D eigenvalue weighted by Gasteiger charge is 2.26. The quantitative estimate of drug-likeness (QED) is 0.823. The van der Waals surface area contributed by atoms with Crippen LogP contribution in [0.3, 0.4) is 0 Å². The summed E-state index contributed by atoms with van der Waals surface area (Å²) in [5.74, 6) is 1.35. The average Bonchev–Trinajstić information content (AvgIpc) is 2.74. The fourth-order valence-corrected chi connectivity index (χ4v) is 2.19.